The molecule has 2 N–H and O–H groups in total. The molecule has 1 aromatic heterocycles. The lowest BCUT2D eigenvalue weighted by molar-refractivity contribution is -0.137. The molecule has 1 aliphatic rings. The van der Waals surface area contributed by atoms with E-state index in [-0.39, 0.29) is 18.6 Å². The molecule has 1 aliphatic carbocycles. The SMILES string of the molecule is C=CCN(C(=O)Nc1cnn(CC(=O)O)c1)C1CC1. The topological polar surface area (TPSA) is 87.5 Å². The van der Waals surface area contributed by atoms with Gasteiger partial charge >= 0.3 is 12.0 Å². The summed E-state index contributed by atoms with van der Waals surface area (Å²) in [6, 6.07) is 0.0735. The Bertz CT molecular complexity index is 493. The van der Waals surface area contributed by atoms with E-state index in [0.717, 1.165) is 12.8 Å². The number of nitrogens with one attached hydrogen (secondary N) is 1. The molecule has 19 heavy (non-hydrogen) atoms. The van der Waals surface area contributed by atoms with Crippen LogP contribution in [0, 0.1) is 0 Å². The number of carboxylic acid groups (broad SMARTS) is 1. The van der Waals surface area contributed by atoms with E-state index < -0.39 is 5.97 Å². The van der Waals surface area contributed by atoms with Gasteiger partial charge in [0.1, 0.15) is 6.54 Å². The number of hydrogen-bond donors (Lipinski definition) is 2. The molecule has 0 aliphatic heterocycles. The van der Waals surface area contributed by atoms with Crippen LogP contribution in [0.25, 0.3) is 0 Å². The van der Waals surface area contributed by atoms with E-state index in [1.807, 2.05) is 0 Å². The van der Waals surface area contributed by atoms with Crippen molar-refractivity contribution >= 4 is 17.7 Å². The van der Waals surface area contributed by atoms with E-state index in [1.54, 1.807) is 11.0 Å². The number of hydrogen-bond acceptors (Lipinski definition) is 3. The molecular formula is C12H16N4O3. The third-order valence-corrected chi connectivity index (χ3v) is 2.76. The molecule has 0 radical (unpaired) electrons. The molecule has 7 nitrogen and oxygen atoms in total. The summed E-state index contributed by atoms with van der Waals surface area (Å²) in [5, 5.41) is 15.2. The summed E-state index contributed by atoms with van der Waals surface area (Å²) in [6.07, 6.45) is 6.63. The number of carboxylic acids is 1. The molecule has 0 bridgehead atoms. The van der Waals surface area contributed by atoms with Crippen LogP contribution in [-0.4, -0.2) is 44.4 Å². The van der Waals surface area contributed by atoms with Gasteiger partial charge in [0.25, 0.3) is 0 Å². The highest BCUT2D eigenvalue weighted by atomic mass is 16.4. The number of anilines is 1. The number of aliphatic carboxylic acids is 1. The molecule has 0 unspecified atom stereocenters. The average molecular weight is 264 g/mol. The van der Waals surface area contributed by atoms with Gasteiger partial charge in [-0.3, -0.25) is 9.48 Å². The second-order valence-electron chi connectivity index (χ2n) is 4.42. The van der Waals surface area contributed by atoms with E-state index in [9.17, 15) is 9.59 Å². The Hall–Kier alpha value is -2.31. The molecule has 0 saturated heterocycles. The van der Waals surface area contributed by atoms with Crippen molar-refractivity contribution in [2.24, 2.45) is 0 Å². The Morgan fingerprint density at radius 1 is 1.63 bits per heavy atom. The lowest BCUT2D eigenvalue weighted by Crippen LogP contribution is -2.36. The highest BCUT2D eigenvalue weighted by Crippen LogP contribution is 2.27. The van der Waals surface area contributed by atoms with E-state index in [0.29, 0.717) is 12.2 Å². The fraction of sp³-hybridized carbons (Fsp3) is 0.417. The smallest absolute Gasteiger partial charge is 0.325 e. The molecule has 0 atom stereocenters. The molecule has 2 rings (SSSR count). The summed E-state index contributed by atoms with van der Waals surface area (Å²) in [4.78, 5) is 24.3. The van der Waals surface area contributed by atoms with Gasteiger partial charge in [-0.15, -0.1) is 6.58 Å². The normalized spacial score (nSPS) is 13.9. The number of carbonyl (C=O) groups excluding carboxylic acids is 1. The number of aromatic nitrogens is 2. The Kier molecular flexibility index (Phi) is 3.84. The molecular weight excluding hydrogens is 248 g/mol. The summed E-state index contributed by atoms with van der Waals surface area (Å²) < 4.78 is 1.26. The van der Waals surface area contributed by atoms with Crippen LogP contribution in [-0.2, 0) is 11.3 Å². The maximum Gasteiger partial charge on any atom is 0.325 e. The second-order valence-corrected chi connectivity index (χ2v) is 4.42. The van der Waals surface area contributed by atoms with Crippen LogP contribution < -0.4 is 5.32 Å². The molecule has 1 fully saturated rings. The van der Waals surface area contributed by atoms with E-state index >= 15 is 0 Å². The standard InChI is InChI=1S/C12H16N4O3/c1-2-5-16(10-3-4-10)12(19)14-9-6-13-15(7-9)8-11(17)18/h2,6-7,10H,1,3-5,8H2,(H,14,19)(H,17,18). The first-order valence-corrected chi connectivity index (χ1v) is 6.03. The van der Waals surface area contributed by atoms with Gasteiger partial charge in [0, 0.05) is 18.8 Å². The molecule has 0 spiro atoms. The number of nitrogens with zero attached hydrogens (tertiary/aromatic N) is 3. The third-order valence-electron chi connectivity index (χ3n) is 2.76. The first-order valence-electron chi connectivity index (χ1n) is 6.03. The Labute approximate surface area is 110 Å². The quantitative estimate of drug-likeness (QED) is 0.754. The average Bonchev–Trinajstić information content (AvgIpc) is 3.08. The molecule has 2 amide bonds. The zero-order valence-corrected chi connectivity index (χ0v) is 10.5. The highest BCUT2D eigenvalue weighted by Gasteiger charge is 2.31. The zero-order chi connectivity index (χ0) is 13.8. The number of urea groups is 1. The van der Waals surface area contributed by atoms with Crippen molar-refractivity contribution < 1.29 is 14.7 Å². The first kappa shape index (κ1) is 13.1. The van der Waals surface area contributed by atoms with Gasteiger partial charge in [-0.25, -0.2) is 4.79 Å². The van der Waals surface area contributed by atoms with Crippen molar-refractivity contribution in [1.29, 1.82) is 0 Å². The molecule has 7 heteroatoms. The first-order chi connectivity index (χ1) is 9.10. The van der Waals surface area contributed by atoms with Gasteiger partial charge in [0.2, 0.25) is 0 Å². The van der Waals surface area contributed by atoms with Crippen LogP contribution in [0.3, 0.4) is 0 Å². The summed E-state index contributed by atoms with van der Waals surface area (Å²) in [7, 11) is 0. The summed E-state index contributed by atoms with van der Waals surface area (Å²) in [5.41, 5.74) is 0.487. The molecule has 1 aromatic rings. The van der Waals surface area contributed by atoms with Crippen LogP contribution in [0.15, 0.2) is 25.0 Å². The molecule has 1 saturated carbocycles. The van der Waals surface area contributed by atoms with Crippen LogP contribution in [0.1, 0.15) is 12.8 Å². The second kappa shape index (κ2) is 5.55. The zero-order valence-electron chi connectivity index (χ0n) is 10.5. The van der Waals surface area contributed by atoms with Crippen molar-refractivity contribution in [3.05, 3.63) is 25.0 Å². The van der Waals surface area contributed by atoms with Gasteiger partial charge in [-0.05, 0) is 12.8 Å². The summed E-state index contributed by atoms with van der Waals surface area (Å²) in [6.45, 7) is 3.91. The summed E-state index contributed by atoms with van der Waals surface area (Å²) >= 11 is 0. The predicted molar refractivity (Wildman–Crippen MR) is 68.8 cm³/mol. The van der Waals surface area contributed by atoms with Crippen molar-refractivity contribution in [1.82, 2.24) is 14.7 Å². The molecule has 102 valence electrons. The van der Waals surface area contributed by atoms with Gasteiger partial charge in [-0.2, -0.15) is 5.10 Å². The minimum Gasteiger partial charge on any atom is -0.480 e. The lowest BCUT2D eigenvalue weighted by Gasteiger charge is -2.20. The van der Waals surface area contributed by atoms with Crippen LogP contribution in [0.5, 0.6) is 0 Å². The minimum atomic E-state index is -0.979. The van der Waals surface area contributed by atoms with Crippen LogP contribution >= 0.6 is 0 Å². The Morgan fingerprint density at radius 3 is 2.95 bits per heavy atom. The fourth-order valence-electron chi connectivity index (χ4n) is 1.77. The van der Waals surface area contributed by atoms with Gasteiger partial charge in [-0.1, -0.05) is 6.08 Å². The largest absolute Gasteiger partial charge is 0.480 e. The minimum absolute atomic E-state index is 0.211. The number of amides is 2. The van der Waals surface area contributed by atoms with Crippen molar-refractivity contribution in [2.45, 2.75) is 25.4 Å². The molecule has 1 heterocycles. The number of rotatable bonds is 6. The fourth-order valence-corrected chi connectivity index (χ4v) is 1.77. The van der Waals surface area contributed by atoms with Gasteiger partial charge in [0.15, 0.2) is 0 Å². The van der Waals surface area contributed by atoms with Crippen LogP contribution in [0.2, 0.25) is 0 Å². The van der Waals surface area contributed by atoms with E-state index in [2.05, 4.69) is 17.0 Å². The van der Waals surface area contributed by atoms with E-state index in [1.165, 1.54) is 17.1 Å². The highest BCUT2D eigenvalue weighted by molar-refractivity contribution is 5.89. The Morgan fingerprint density at radius 2 is 2.37 bits per heavy atom. The molecule has 0 aromatic carbocycles. The van der Waals surface area contributed by atoms with Crippen LogP contribution in [0.4, 0.5) is 10.5 Å². The Balaban J connectivity index is 1.95. The van der Waals surface area contributed by atoms with Crippen molar-refractivity contribution in [2.75, 3.05) is 11.9 Å². The lowest BCUT2D eigenvalue weighted by atomic mass is 10.4. The van der Waals surface area contributed by atoms with E-state index in [4.69, 9.17) is 5.11 Å². The van der Waals surface area contributed by atoms with Crippen molar-refractivity contribution in [3.63, 3.8) is 0 Å². The number of carbonyl (C=O) groups is 2. The monoisotopic (exact) mass is 264 g/mol. The predicted octanol–water partition coefficient (Wildman–Crippen LogP) is 1.15. The third kappa shape index (κ3) is 3.57. The van der Waals surface area contributed by atoms with Gasteiger partial charge < -0.3 is 15.3 Å². The summed E-state index contributed by atoms with van der Waals surface area (Å²) in [5.74, 6) is -0.979. The maximum absolute atomic E-state index is 12.0. The maximum atomic E-state index is 12.0. The van der Waals surface area contributed by atoms with Gasteiger partial charge in [0.05, 0.1) is 11.9 Å². The van der Waals surface area contributed by atoms with Crippen molar-refractivity contribution in [3.8, 4) is 0 Å².